The zero-order valence-electron chi connectivity index (χ0n) is 9.76. The van der Waals surface area contributed by atoms with Crippen LogP contribution in [0.1, 0.15) is 11.1 Å². The Hall–Kier alpha value is -2.20. The van der Waals surface area contributed by atoms with Gasteiger partial charge in [0.1, 0.15) is 11.8 Å². The van der Waals surface area contributed by atoms with E-state index in [1.54, 1.807) is 24.3 Å². The second-order valence-corrected chi connectivity index (χ2v) is 4.29. The van der Waals surface area contributed by atoms with Crippen molar-refractivity contribution in [1.29, 1.82) is 5.26 Å². The van der Waals surface area contributed by atoms with Gasteiger partial charge in [0.05, 0.1) is 0 Å². The van der Waals surface area contributed by atoms with Crippen molar-refractivity contribution in [3.8, 4) is 22.8 Å². The van der Waals surface area contributed by atoms with Crippen molar-refractivity contribution in [3.05, 3.63) is 35.4 Å². The number of rotatable bonds is 4. The van der Waals surface area contributed by atoms with Crippen LogP contribution in [0.3, 0.4) is 0 Å². The third-order valence-corrected chi connectivity index (χ3v) is 2.85. The van der Waals surface area contributed by atoms with E-state index in [0.717, 1.165) is 17.1 Å². The molecule has 0 fully saturated rings. The lowest BCUT2D eigenvalue weighted by atomic mass is 10.2. The molecule has 0 atom stereocenters. The molecule has 1 aromatic heterocycles. The van der Waals surface area contributed by atoms with Crippen LogP contribution in [-0.2, 0) is 0 Å². The summed E-state index contributed by atoms with van der Waals surface area (Å²) in [6.45, 7) is -1.14. The number of benzene rings is 1. The highest BCUT2D eigenvalue weighted by molar-refractivity contribution is 7.08. The molecule has 2 rings (SSSR count). The van der Waals surface area contributed by atoms with Gasteiger partial charge in [0.2, 0.25) is 5.06 Å². The maximum atomic E-state index is 12.1. The van der Waals surface area contributed by atoms with Crippen molar-refractivity contribution in [3.63, 3.8) is 0 Å². The third kappa shape index (κ3) is 3.17. The summed E-state index contributed by atoms with van der Waals surface area (Å²) in [7, 11) is 0. The molecule has 19 heavy (non-hydrogen) atoms. The first-order chi connectivity index (χ1) is 9.10. The molecule has 1 aromatic carbocycles. The fourth-order valence-corrected chi connectivity index (χ4v) is 2.03. The average molecular weight is 282 g/mol. The van der Waals surface area contributed by atoms with E-state index in [1.165, 1.54) is 0 Å². The van der Waals surface area contributed by atoms with Crippen LogP contribution < -0.4 is 9.47 Å². The molecule has 98 valence electrons. The van der Waals surface area contributed by atoms with Gasteiger partial charge in [0, 0.05) is 11.5 Å². The van der Waals surface area contributed by atoms with E-state index < -0.39 is 12.5 Å². The zero-order chi connectivity index (χ0) is 13.8. The molecule has 0 radical (unpaired) electrons. The van der Waals surface area contributed by atoms with Crippen LogP contribution in [0.5, 0.6) is 16.7 Å². The second-order valence-electron chi connectivity index (χ2n) is 3.56. The molecule has 2 aromatic rings. The van der Waals surface area contributed by atoms with Gasteiger partial charge >= 0.3 is 6.61 Å². The van der Waals surface area contributed by atoms with Crippen LogP contribution in [0.2, 0.25) is 0 Å². The topological polar surface area (TPSA) is 55.1 Å². The summed E-state index contributed by atoms with van der Waals surface area (Å²) in [5.41, 5.74) is 0.844. The van der Waals surface area contributed by atoms with Crippen LogP contribution in [0.25, 0.3) is 0 Å². The van der Waals surface area contributed by atoms with E-state index in [1.807, 2.05) is 13.0 Å². The van der Waals surface area contributed by atoms with Gasteiger partial charge in [-0.1, -0.05) is 12.1 Å². The summed E-state index contributed by atoms with van der Waals surface area (Å²) in [5, 5.41) is 9.07. The van der Waals surface area contributed by atoms with E-state index in [0.29, 0.717) is 5.75 Å². The van der Waals surface area contributed by atoms with Crippen LogP contribution in [0, 0.1) is 18.3 Å². The lowest BCUT2D eigenvalue weighted by Gasteiger charge is -2.04. The Labute approximate surface area is 112 Å². The zero-order valence-corrected chi connectivity index (χ0v) is 10.6. The molecule has 1 heterocycles. The molecule has 7 heteroatoms. The highest BCUT2D eigenvalue weighted by atomic mass is 32.1. The van der Waals surface area contributed by atoms with Gasteiger partial charge in [0.15, 0.2) is 5.56 Å². The van der Waals surface area contributed by atoms with Crippen molar-refractivity contribution in [2.75, 3.05) is 0 Å². The van der Waals surface area contributed by atoms with Gasteiger partial charge in [0.25, 0.3) is 5.88 Å². The largest absolute Gasteiger partial charge is 0.444 e. The summed E-state index contributed by atoms with van der Waals surface area (Å²) in [4.78, 5) is 0. The molecule has 4 nitrogen and oxygen atoms in total. The van der Waals surface area contributed by atoms with Gasteiger partial charge in [-0.3, -0.25) is 0 Å². The summed E-state index contributed by atoms with van der Waals surface area (Å²) < 4.78 is 37.5. The van der Waals surface area contributed by atoms with E-state index in [2.05, 4.69) is 9.11 Å². The van der Waals surface area contributed by atoms with Gasteiger partial charge in [-0.15, -0.1) is 0 Å². The first kappa shape index (κ1) is 13.2. The van der Waals surface area contributed by atoms with Gasteiger partial charge in [-0.2, -0.15) is 18.4 Å². The predicted octanol–water partition coefficient (Wildman–Crippen LogP) is 3.72. The number of alkyl halides is 2. The average Bonchev–Trinajstić information content (AvgIpc) is 2.70. The summed E-state index contributed by atoms with van der Waals surface area (Å²) >= 11 is 0.790. The standard InChI is InChI=1S/C12H8F2N2O2S/c1-7-3-2-4-8(5-7)17-11-9(6-15)10(16-19-11)18-12(13)14/h2-5,12H,1H3. The lowest BCUT2D eigenvalue weighted by molar-refractivity contribution is -0.0524. The normalized spacial score (nSPS) is 10.3. The van der Waals surface area contributed by atoms with Gasteiger partial charge in [-0.25, -0.2) is 0 Å². The van der Waals surface area contributed by atoms with E-state index in [-0.39, 0.29) is 10.6 Å². The first-order valence-corrected chi connectivity index (χ1v) is 5.96. The SMILES string of the molecule is Cc1cccc(Oc2snc(OC(F)F)c2C#N)c1. The number of aryl methyl sites for hydroxylation is 1. The predicted molar refractivity (Wildman–Crippen MR) is 64.7 cm³/mol. The van der Waals surface area contributed by atoms with Crippen LogP contribution in [0.4, 0.5) is 8.78 Å². The highest BCUT2D eigenvalue weighted by Crippen LogP contribution is 2.36. The maximum absolute atomic E-state index is 12.1. The summed E-state index contributed by atoms with van der Waals surface area (Å²) in [6, 6.07) is 8.87. The molecule has 0 saturated carbocycles. The monoisotopic (exact) mass is 282 g/mol. The fourth-order valence-electron chi connectivity index (χ4n) is 1.38. The molecule has 0 aliphatic rings. The van der Waals surface area contributed by atoms with Crippen molar-refractivity contribution in [1.82, 2.24) is 4.37 Å². The van der Waals surface area contributed by atoms with Crippen molar-refractivity contribution in [2.45, 2.75) is 13.5 Å². The molecule has 0 N–H and O–H groups in total. The number of hydrogen-bond donors (Lipinski definition) is 0. The van der Waals surface area contributed by atoms with Gasteiger partial charge in [-0.05, 0) is 24.6 Å². The molecular weight excluding hydrogens is 274 g/mol. The van der Waals surface area contributed by atoms with E-state index >= 15 is 0 Å². The minimum atomic E-state index is -3.03. The van der Waals surface area contributed by atoms with E-state index in [9.17, 15) is 8.78 Å². The number of nitriles is 1. The second kappa shape index (κ2) is 5.63. The fraction of sp³-hybridized carbons (Fsp3) is 0.167. The van der Waals surface area contributed by atoms with Gasteiger partial charge < -0.3 is 9.47 Å². The summed E-state index contributed by atoms with van der Waals surface area (Å²) in [5.74, 6) is 0.0916. The van der Waals surface area contributed by atoms with Crippen LogP contribution in [0.15, 0.2) is 24.3 Å². The minimum Gasteiger partial charge on any atom is -0.444 e. The molecular formula is C12H8F2N2O2S. The maximum Gasteiger partial charge on any atom is 0.388 e. The molecule has 0 spiro atoms. The van der Waals surface area contributed by atoms with Crippen LogP contribution >= 0.6 is 11.5 Å². The number of ether oxygens (including phenoxy) is 2. The lowest BCUT2D eigenvalue weighted by Crippen LogP contribution is -2.03. The highest BCUT2D eigenvalue weighted by Gasteiger charge is 2.20. The minimum absolute atomic E-state index is 0.128. The third-order valence-electron chi connectivity index (χ3n) is 2.14. The van der Waals surface area contributed by atoms with Crippen LogP contribution in [-0.4, -0.2) is 11.0 Å². The van der Waals surface area contributed by atoms with Crippen molar-refractivity contribution >= 4 is 11.5 Å². The smallest absolute Gasteiger partial charge is 0.388 e. The Balaban J connectivity index is 2.26. The molecule has 0 aliphatic carbocycles. The number of nitrogens with zero attached hydrogens (tertiary/aromatic N) is 2. The molecule has 0 saturated heterocycles. The number of halogens is 2. The number of aromatic nitrogens is 1. The Kier molecular flexibility index (Phi) is 3.92. The first-order valence-electron chi connectivity index (χ1n) is 5.19. The quantitative estimate of drug-likeness (QED) is 0.857. The van der Waals surface area contributed by atoms with Crippen molar-refractivity contribution in [2.24, 2.45) is 0 Å². The number of hydrogen-bond acceptors (Lipinski definition) is 5. The molecule has 0 aliphatic heterocycles. The van der Waals surface area contributed by atoms with E-state index in [4.69, 9.17) is 10.00 Å². The summed E-state index contributed by atoms with van der Waals surface area (Å²) in [6.07, 6.45) is 0. The molecule has 0 unspecified atom stereocenters. The molecule has 0 bridgehead atoms. The molecule has 0 amide bonds. The Morgan fingerprint density at radius 3 is 2.84 bits per heavy atom. The van der Waals surface area contributed by atoms with Crippen molar-refractivity contribution < 1.29 is 18.3 Å². The Morgan fingerprint density at radius 1 is 1.42 bits per heavy atom. The Morgan fingerprint density at radius 2 is 2.21 bits per heavy atom. The Bertz CT molecular complexity index is 622.